The fraction of sp³-hybridized carbons (Fsp3) is 0.188. The fourth-order valence-corrected chi connectivity index (χ4v) is 1.86. The van der Waals surface area contributed by atoms with Gasteiger partial charge in [0.1, 0.15) is 5.82 Å². The minimum Gasteiger partial charge on any atom is -0.294 e. The Morgan fingerprint density at radius 1 is 1.06 bits per heavy atom. The largest absolute Gasteiger partial charge is 0.294 e. The van der Waals surface area contributed by atoms with Crippen LogP contribution in [0.25, 0.3) is 0 Å². The average molecular weight is 242 g/mol. The molecule has 1 nitrogen and oxygen atoms in total. The quantitative estimate of drug-likeness (QED) is 0.745. The summed E-state index contributed by atoms with van der Waals surface area (Å²) in [6.07, 6.45) is 1.20. The number of halogens is 1. The summed E-state index contributed by atoms with van der Waals surface area (Å²) in [5, 5.41) is 0. The molecule has 0 unspecified atom stereocenters. The fourth-order valence-electron chi connectivity index (χ4n) is 1.86. The minimum atomic E-state index is -0.304. The minimum absolute atomic E-state index is 0.0169. The third-order valence-corrected chi connectivity index (χ3v) is 2.94. The third-order valence-electron chi connectivity index (χ3n) is 2.94. The Hall–Kier alpha value is -1.96. The summed E-state index contributed by atoms with van der Waals surface area (Å²) in [6.45, 7) is 2.07. The highest BCUT2D eigenvalue weighted by Crippen LogP contribution is 2.11. The molecule has 2 aromatic rings. The van der Waals surface area contributed by atoms with Gasteiger partial charge in [-0.1, -0.05) is 43.3 Å². The van der Waals surface area contributed by atoms with Crippen molar-refractivity contribution in [1.82, 2.24) is 0 Å². The molecule has 0 radical (unpaired) electrons. The molecule has 0 spiro atoms. The van der Waals surface area contributed by atoms with Crippen molar-refractivity contribution in [3.05, 3.63) is 71.0 Å². The zero-order valence-electron chi connectivity index (χ0n) is 10.3. The SMILES string of the molecule is CCc1ccc(C(=O)Cc2cccc(F)c2)cc1. The van der Waals surface area contributed by atoms with Crippen LogP contribution in [0.15, 0.2) is 48.5 Å². The van der Waals surface area contributed by atoms with Crippen LogP contribution < -0.4 is 0 Å². The maximum absolute atomic E-state index is 13.0. The third kappa shape index (κ3) is 3.04. The van der Waals surface area contributed by atoms with E-state index >= 15 is 0 Å². The second-order valence-electron chi connectivity index (χ2n) is 4.28. The molecule has 18 heavy (non-hydrogen) atoms. The van der Waals surface area contributed by atoms with Crippen molar-refractivity contribution < 1.29 is 9.18 Å². The lowest BCUT2D eigenvalue weighted by Gasteiger charge is -2.03. The lowest BCUT2D eigenvalue weighted by atomic mass is 10.0. The van der Waals surface area contributed by atoms with Gasteiger partial charge in [0.15, 0.2) is 5.78 Å². The van der Waals surface area contributed by atoms with Gasteiger partial charge in [-0.05, 0) is 29.7 Å². The Kier molecular flexibility index (Phi) is 3.88. The van der Waals surface area contributed by atoms with E-state index in [4.69, 9.17) is 0 Å². The monoisotopic (exact) mass is 242 g/mol. The predicted octanol–water partition coefficient (Wildman–Crippen LogP) is 3.81. The first kappa shape index (κ1) is 12.5. The molecule has 0 fully saturated rings. The highest BCUT2D eigenvalue weighted by Gasteiger charge is 2.07. The van der Waals surface area contributed by atoms with Gasteiger partial charge >= 0.3 is 0 Å². The van der Waals surface area contributed by atoms with Crippen molar-refractivity contribution >= 4 is 5.78 Å². The molecule has 0 aliphatic rings. The van der Waals surface area contributed by atoms with Gasteiger partial charge in [-0.25, -0.2) is 4.39 Å². The molecule has 92 valence electrons. The number of hydrogen-bond acceptors (Lipinski definition) is 1. The van der Waals surface area contributed by atoms with Crippen molar-refractivity contribution in [2.24, 2.45) is 0 Å². The van der Waals surface area contributed by atoms with E-state index in [0.717, 1.165) is 6.42 Å². The van der Waals surface area contributed by atoms with Crippen LogP contribution in [0.4, 0.5) is 4.39 Å². The van der Waals surface area contributed by atoms with Gasteiger partial charge in [-0.15, -0.1) is 0 Å². The van der Waals surface area contributed by atoms with Crippen molar-refractivity contribution in [1.29, 1.82) is 0 Å². The van der Waals surface area contributed by atoms with Crippen LogP contribution in [0.3, 0.4) is 0 Å². The van der Waals surface area contributed by atoms with Gasteiger partial charge in [0, 0.05) is 12.0 Å². The van der Waals surface area contributed by atoms with E-state index < -0.39 is 0 Å². The molecule has 0 heterocycles. The topological polar surface area (TPSA) is 17.1 Å². The highest BCUT2D eigenvalue weighted by atomic mass is 19.1. The van der Waals surface area contributed by atoms with Gasteiger partial charge in [0.05, 0.1) is 0 Å². The molecule has 0 saturated heterocycles. The second kappa shape index (κ2) is 5.58. The van der Waals surface area contributed by atoms with Gasteiger partial charge in [0.25, 0.3) is 0 Å². The van der Waals surface area contributed by atoms with E-state index in [0.29, 0.717) is 11.1 Å². The van der Waals surface area contributed by atoms with Crippen LogP contribution in [-0.4, -0.2) is 5.78 Å². The number of rotatable bonds is 4. The zero-order valence-corrected chi connectivity index (χ0v) is 10.3. The summed E-state index contributed by atoms with van der Waals surface area (Å²) >= 11 is 0. The molecule has 0 amide bonds. The van der Waals surface area contributed by atoms with Crippen LogP contribution >= 0.6 is 0 Å². The number of carbonyl (C=O) groups is 1. The van der Waals surface area contributed by atoms with E-state index in [9.17, 15) is 9.18 Å². The number of Topliss-reactive ketones (excluding diaryl/α,β-unsaturated/α-hetero) is 1. The molecule has 2 rings (SSSR count). The molecule has 2 aromatic carbocycles. The molecule has 2 heteroatoms. The molecule has 0 aromatic heterocycles. The standard InChI is InChI=1S/C16H15FO/c1-2-12-6-8-14(9-7-12)16(18)11-13-4-3-5-15(17)10-13/h3-10H,2,11H2,1H3. The summed E-state index contributed by atoms with van der Waals surface area (Å²) in [7, 11) is 0. The van der Waals surface area contributed by atoms with Crippen molar-refractivity contribution in [2.45, 2.75) is 19.8 Å². The number of benzene rings is 2. The van der Waals surface area contributed by atoms with Crippen LogP contribution in [0.2, 0.25) is 0 Å². The average Bonchev–Trinajstić information content (AvgIpc) is 2.39. The molecule has 0 N–H and O–H groups in total. The smallest absolute Gasteiger partial charge is 0.167 e. The van der Waals surface area contributed by atoms with Crippen molar-refractivity contribution in [3.63, 3.8) is 0 Å². The maximum atomic E-state index is 13.0. The van der Waals surface area contributed by atoms with E-state index in [1.54, 1.807) is 12.1 Å². The molecule has 0 aliphatic carbocycles. The van der Waals surface area contributed by atoms with E-state index in [1.165, 1.54) is 17.7 Å². The van der Waals surface area contributed by atoms with E-state index in [2.05, 4.69) is 6.92 Å². The molecular weight excluding hydrogens is 227 g/mol. The van der Waals surface area contributed by atoms with E-state index in [1.807, 2.05) is 24.3 Å². The van der Waals surface area contributed by atoms with Crippen LogP contribution in [-0.2, 0) is 12.8 Å². The summed E-state index contributed by atoms with van der Waals surface area (Å²) in [4.78, 5) is 12.0. The summed E-state index contributed by atoms with van der Waals surface area (Å²) < 4.78 is 13.0. The van der Waals surface area contributed by atoms with Gasteiger partial charge in [0.2, 0.25) is 0 Å². The van der Waals surface area contributed by atoms with Crippen LogP contribution in [0, 0.1) is 5.82 Å². The van der Waals surface area contributed by atoms with Gasteiger partial charge in [-0.2, -0.15) is 0 Å². The lowest BCUT2D eigenvalue weighted by Crippen LogP contribution is -2.03. The van der Waals surface area contributed by atoms with Crippen molar-refractivity contribution in [3.8, 4) is 0 Å². The van der Waals surface area contributed by atoms with Gasteiger partial charge < -0.3 is 0 Å². The molecule has 0 aliphatic heterocycles. The Balaban J connectivity index is 2.11. The first-order valence-electron chi connectivity index (χ1n) is 6.05. The number of carbonyl (C=O) groups excluding carboxylic acids is 1. The zero-order chi connectivity index (χ0) is 13.0. The maximum Gasteiger partial charge on any atom is 0.167 e. The van der Waals surface area contributed by atoms with E-state index in [-0.39, 0.29) is 18.0 Å². The first-order valence-corrected chi connectivity index (χ1v) is 6.05. The summed E-state index contributed by atoms with van der Waals surface area (Å²) in [5.41, 5.74) is 2.59. The number of ketones is 1. The number of hydrogen-bond donors (Lipinski definition) is 0. The molecule has 0 atom stereocenters. The number of aryl methyl sites for hydroxylation is 1. The first-order chi connectivity index (χ1) is 8.69. The summed E-state index contributed by atoms with van der Waals surface area (Å²) in [5.74, 6) is -0.287. The van der Waals surface area contributed by atoms with Gasteiger partial charge in [-0.3, -0.25) is 4.79 Å². The van der Waals surface area contributed by atoms with Crippen LogP contribution in [0.5, 0.6) is 0 Å². The predicted molar refractivity (Wildman–Crippen MR) is 70.3 cm³/mol. The lowest BCUT2D eigenvalue weighted by molar-refractivity contribution is 0.0993. The Morgan fingerprint density at radius 2 is 1.78 bits per heavy atom. The molecular formula is C16H15FO. The normalized spacial score (nSPS) is 10.3. The summed E-state index contributed by atoms with van der Waals surface area (Å²) in [6, 6.07) is 13.8. The molecule has 0 saturated carbocycles. The Morgan fingerprint density at radius 3 is 2.39 bits per heavy atom. The second-order valence-corrected chi connectivity index (χ2v) is 4.28. The molecule has 0 bridgehead atoms. The van der Waals surface area contributed by atoms with Crippen LogP contribution in [0.1, 0.15) is 28.4 Å². The van der Waals surface area contributed by atoms with Crippen molar-refractivity contribution in [2.75, 3.05) is 0 Å². The Labute approximate surface area is 106 Å². The Bertz CT molecular complexity index is 543. The highest BCUT2D eigenvalue weighted by molar-refractivity contribution is 5.97.